The molecule has 0 aliphatic heterocycles. The number of benzene rings is 1. The van der Waals surface area contributed by atoms with Crippen molar-refractivity contribution >= 4 is 12.3 Å². The minimum atomic E-state index is -0.942. The van der Waals surface area contributed by atoms with Crippen molar-refractivity contribution < 1.29 is 24.5 Å². The van der Waals surface area contributed by atoms with Gasteiger partial charge in [-0.25, -0.2) is 4.79 Å². The highest BCUT2D eigenvalue weighted by Crippen LogP contribution is 2.25. The number of rotatable bonds is 3. The van der Waals surface area contributed by atoms with E-state index in [0.29, 0.717) is 17.6 Å². The second-order valence-corrected chi connectivity index (χ2v) is 3.60. The molecule has 0 atom stereocenters. The Kier molecular flexibility index (Phi) is 5.71. The smallest absolute Gasteiger partial charge is 0.337 e. The Morgan fingerprint density at radius 2 is 2.10 bits per heavy atom. The topological polar surface area (TPSA) is 96.7 Å². The van der Waals surface area contributed by atoms with Crippen LogP contribution in [0, 0.1) is 0 Å². The molecule has 0 bridgehead atoms. The van der Waals surface area contributed by atoms with Gasteiger partial charge in [0.1, 0.15) is 6.29 Å². The third-order valence-electron chi connectivity index (χ3n) is 2.25. The average Bonchev–Trinajstić information content (AvgIpc) is 2.49. The lowest BCUT2D eigenvalue weighted by atomic mass is 10.2. The molecule has 1 aromatic carbocycles. The molecule has 0 radical (unpaired) electrons. The van der Waals surface area contributed by atoms with Gasteiger partial charge in [0.2, 0.25) is 0 Å². The number of pyridine rings is 1. The number of aldehydes is 1. The summed E-state index contributed by atoms with van der Waals surface area (Å²) < 4.78 is 4.78. The molecule has 0 amide bonds. The first-order valence-electron chi connectivity index (χ1n) is 5.54. The van der Waals surface area contributed by atoms with E-state index in [-0.39, 0.29) is 11.3 Å². The maximum atomic E-state index is 10.2. The molecule has 6 nitrogen and oxygen atoms in total. The van der Waals surface area contributed by atoms with E-state index in [0.717, 1.165) is 0 Å². The Balaban J connectivity index is 0.000000204. The summed E-state index contributed by atoms with van der Waals surface area (Å²) in [6.45, 7) is 0. The molecular weight excluding hydrogens is 262 g/mol. The second-order valence-electron chi connectivity index (χ2n) is 3.60. The number of phenolic OH excluding ortho intramolecular Hbond substituents is 1. The Labute approximate surface area is 115 Å². The fourth-order valence-electron chi connectivity index (χ4n) is 1.26. The lowest BCUT2D eigenvalue weighted by molar-refractivity contribution is 0.0696. The van der Waals surface area contributed by atoms with Crippen molar-refractivity contribution in [3.63, 3.8) is 0 Å². The zero-order valence-electron chi connectivity index (χ0n) is 10.7. The van der Waals surface area contributed by atoms with Crippen molar-refractivity contribution in [1.29, 1.82) is 0 Å². The van der Waals surface area contributed by atoms with Crippen molar-refractivity contribution in [2.45, 2.75) is 0 Å². The van der Waals surface area contributed by atoms with Crippen LogP contribution in [0.25, 0.3) is 0 Å². The van der Waals surface area contributed by atoms with Gasteiger partial charge >= 0.3 is 5.97 Å². The fourth-order valence-corrected chi connectivity index (χ4v) is 1.26. The molecule has 0 saturated carbocycles. The highest BCUT2D eigenvalue weighted by atomic mass is 16.5. The maximum absolute atomic E-state index is 10.2. The summed E-state index contributed by atoms with van der Waals surface area (Å²) in [6.07, 6.45) is 3.54. The molecular formula is C14H13NO5. The van der Waals surface area contributed by atoms with Crippen LogP contribution in [0.4, 0.5) is 0 Å². The minimum absolute atomic E-state index is 0.0399. The van der Waals surface area contributed by atoms with E-state index in [4.69, 9.17) is 14.9 Å². The molecule has 0 fully saturated rings. The van der Waals surface area contributed by atoms with Crippen LogP contribution in [-0.2, 0) is 0 Å². The largest absolute Gasteiger partial charge is 0.504 e. The number of hydrogen-bond acceptors (Lipinski definition) is 5. The number of ether oxygens (including phenoxy) is 1. The maximum Gasteiger partial charge on any atom is 0.337 e. The zero-order chi connectivity index (χ0) is 15.0. The van der Waals surface area contributed by atoms with Crippen LogP contribution in [0.5, 0.6) is 11.5 Å². The number of phenols is 1. The van der Waals surface area contributed by atoms with Crippen molar-refractivity contribution in [3.05, 3.63) is 53.9 Å². The van der Waals surface area contributed by atoms with Gasteiger partial charge in [0, 0.05) is 18.0 Å². The van der Waals surface area contributed by atoms with Gasteiger partial charge < -0.3 is 14.9 Å². The number of hydrogen-bond donors (Lipinski definition) is 2. The average molecular weight is 275 g/mol. The molecule has 0 saturated heterocycles. The molecule has 6 heteroatoms. The summed E-state index contributed by atoms with van der Waals surface area (Å²) >= 11 is 0. The molecule has 20 heavy (non-hydrogen) atoms. The molecule has 0 aliphatic rings. The lowest BCUT2D eigenvalue weighted by Gasteiger charge is -2.01. The first-order valence-corrected chi connectivity index (χ1v) is 5.54. The van der Waals surface area contributed by atoms with Crippen molar-refractivity contribution in [2.24, 2.45) is 0 Å². The van der Waals surface area contributed by atoms with Gasteiger partial charge in [-0.2, -0.15) is 0 Å². The first kappa shape index (κ1) is 15.2. The lowest BCUT2D eigenvalue weighted by Crippen LogP contribution is -1.94. The predicted molar refractivity (Wildman–Crippen MR) is 71.2 cm³/mol. The molecule has 2 aromatic rings. The molecule has 2 rings (SSSR count). The van der Waals surface area contributed by atoms with Gasteiger partial charge in [0.25, 0.3) is 0 Å². The summed E-state index contributed by atoms with van der Waals surface area (Å²) in [4.78, 5) is 24.0. The first-order chi connectivity index (χ1) is 9.58. The van der Waals surface area contributed by atoms with Crippen molar-refractivity contribution in [3.8, 4) is 11.5 Å². The number of aromatic nitrogens is 1. The van der Waals surface area contributed by atoms with E-state index < -0.39 is 5.97 Å². The zero-order valence-corrected chi connectivity index (χ0v) is 10.7. The molecule has 0 aliphatic carbocycles. The quantitative estimate of drug-likeness (QED) is 0.831. The van der Waals surface area contributed by atoms with Gasteiger partial charge in [0.15, 0.2) is 11.5 Å². The van der Waals surface area contributed by atoms with Crippen LogP contribution in [-0.4, -0.2) is 34.6 Å². The van der Waals surface area contributed by atoms with E-state index in [9.17, 15) is 9.59 Å². The molecule has 0 spiro atoms. The van der Waals surface area contributed by atoms with Crippen molar-refractivity contribution in [2.75, 3.05) is 7.11 Å². The molecule has 0 unspecified atom stereocenters. The normalized spacial score (nSPS) is 9.05. The molecule has 104 valence electrons. The number of carbonyl (C=O) groups is 2. The summed E-state index contributed by atoms with van der Waals surface area (Å²) in [7, 11) is 1.43. The van der Waals surface area contributed by atoms with Crippen LogP contribution in [0.2, 0.25) is 0 Å². The fraction of sp³-hybridized carbons (Fsp3) is 0.0714. The number of carbonyl (C=O) groups excluding carboxylic acids is 1. The van der Waals surface area contributed by atoms with Gasteiger partial charge in [-0.1, -0.05) is 0 Å². The highest BCUT2D eigenvalue weighted by molar-refractivity contribution is 5.86. The summed E-state index contributed by atoms with van der Waals surface area (Å²) in [5.41, 5.74) is 0.706. The highest BCUT2D eigenvalue weighted by Gasteiger charge is 2.00. The van der Waals surface area contributed by atoms with E-state index in [2.05, 4.69) is 4.98 Å². The van der Waals surface area contributed by atoms with Crippen LogP contribution in [0.3, 0.4) is 0 Å². The Hall–Kier alpha value is -2.89. The van der Waals surface area contributed by atoms with E-state index in [1.165, 1.54) is 43.8 Å². The third-order valence-corrected chi connectivity index (χ3v) is 2.25. The minimum Gasteiger partial charge on any atom is -0.504 e. The van der Waals surface area contributed by atoms with Crippen LogP contribution < -0.4 is 4.74 Å². The van der Waals surface area contributed by atoms with Crippen LogP contribution in [0.1, 0.15) is 20.7 Å². The number of nitrogens with zero attached hydrogens (tertiary/aromatic N) is 1. The van der Waals surface area contributed by atoms with Gasteiger partial charge in [0.05, 0.1) is 12.7 Å². The predicted octanol–water partition coefficient (Wildman–Crippen LogP) is 1.99. The number of carboxylic acids is 1. The Morgan fingerprint density at radius 3 is 2.55 bits per heavy atom. The molecule has 2 N–H and O–H groups in total. The summed E-state index contributed by atoms with van der Waals surface area (Å²) in [6, 6.07) is 7.49. The van der Waals surface area contributed by atoms with Gasteiger partial charge in [-0.15, -0.1) is 0 Å². The number of aromatic carboxylic acids is 1. The van der Waals surface area contributed by atoms with E-state index >= 15 is 0 Å². The van der Waals surface area contributed by atoms with Gasteiger partial charge in [-0.3, -0.25) is 9.78 Å². The SMILES string of the molecule is COc1cc(C=O)ccc1O.O=C(O)c1cccnc1. The monoisotopic (exact) mass is 275 g/mol. The van der Waals surface area contributed by atoms with Gasteiger partial charge in [-0.05, 0) is 30.3 Å². The summed E-state index contributed by atoms with van der Waals surface area (Å²) in [5, 5.41) is 17.4. The Morgan fingerprint density at radius 1 is 1.35 bits per heavy atom. The van der Waals surface area contributed by atoms with E-state index in [1.54, 1.807) is 6.07 Å². The van der Waals surface area contributed by atoms with Crippen molar-refractivity contribution in [1.82, 2.24) is 4.98 Å². The third kappa shape index (κ3) is 4.41. The number of carboxylic acid groups (broad SMARTS) is 1. The summed E-state index contributed by atoms with van der Waals surface area (Å²) in [5.74, 6) is -0.587. The number of methoxy groups -OCH3 is 1. The van der Waals surface area contributed by atoms with E-state index in [1.807, 2.05) is 0 Å². The molecule has 1 heterocycles. The number of aromatic hydroxyl groups is 1. The Bertz CT molecular complexity index is 583. The standard InChI is InChI=1S/C8H8O3.C6H5NO2/c1-11-8-4-6(5-9)2-3-7(8)10;8-6(9)5-2-1-3-7-4-5/h2-5,10H,1H3;1-4H,(H,8,9). The second kappa shape index (κ2) is 7.52. The van der Waals surface area contributed by atoms with Crippen LogP contribution >= 0.6 is 0 Å². The van der Waals surface area contributed by atoms with Crippen LogP contribution in [0.15, 0.2) is 42.7 Å². The molecule has 1 aromatic heterocycles.